The lowest BCUT2D eigenvalue weighted by molar-refractivity contribution is -0.139. The maximum absolute atomic E-state index is 10.2. The Morgan fingerprint density at radius 2 is 1.69 bits per heavy atom. The van der Waals surface area contributed by atoms with E-state index < -0.39 is 5.97 Å². The van der Waals surface area contributed by atoms with E-state index in [4.69, 9.17) is 14.6 Å². The molecule has 6 heteroatoms. The third-order valence-corrected chi connectivity index (χ3v) is 2.31. The Labute approximate surface area is 95.5 Å². The van der Waals surface area contributed by atoms with Gasteiger partial charge < -0.3 is 19.9 Å². The maximum atomic E-state index is 10.2. The molecule has 2 saturated heterocycles. The highest BCUT2D eigenvalue weighted by molar-refractivity contribution is 5.69. The van der Waals surface area contributed by atoms with E-state index in [1.54, 1.807) is 0 Å². The van der Waals surface area contributed by atoms with Gasteiger partial charge in [0.1, 0.15) is 0 Å². The van der Waals surface area contributed by atoms with Crippen molar-refractivity contribution in [3.05, 3.63) is 0 Å². The van der Waals surface area contributed by atoms with Crippen molar-refractivity contribution < 1.29 is 19.4 Å². The fourth-order valence-electron chi connectivity index (χ4n) is 1.47. The van der Waals surface area contributed by atoms with Gasteiger partial charge in [-0.05, 0) is 0 Å². The second-order valence-electron chi connectivity index (χ2n) is 3.64. The van der Waals surface area contributed by atoms with Crippen LogP contribution in [-0.2, 0) is 14.3 Å². The van der Waals surface area contributed by atoms with Crippen LogP contribution in [0.15, 0.2) is 0 Å². The minimum atomic E-state index is -0.762. The topological polar surface area (TPSA) is 71.0 Å². The Balaban J connectivity index is 0.000000181. The van der Waals surface area contributed by atoms with Crippen molar-refractivity contribution in [3.63, 3.8) is 0 Å². The van der Waals surface area contributed by atoms with Gasteiger partial charge in [0.25, 0.3) is 0 Å². The van der Waals surface area contributed by atoms with E-state index in [2.05, 4.69) is 5.32 Å². The lowest BCUT2D eigenvalue weighted by Gasteiger charge is -2.24. The second-order valence-corrected chi connectivity index (χ2v) is 3.64. The average Bonchev–Trinajstić information content (AvgIpc) is 2.32. The molecule has 2 N–H and O–H groups in total. The van der Waals surface area contributed by atoms with Gasteiger partial charge in [0, 0.05) is 26.2 Å². The maximum Gasteiger partial charge on any atom is 0.317 e. The number of carboxylic acid groups (broad SMARTS) is 1. The third-order valence-electron chi connectivity index (χ3n) is 2.31. The predicted molar refractivity (Wildman–Crippen MR) is 58.6 cm³/mol. The number of hydrogen-bond donors (Lipinski definition) is 2. The van der Waals surface area contributed by atoms with E-state index >= 15 is 0 Å². The number of hydrogen-bond acceptors (Lipinski definition) is 5. The molecule has 0 spiro atoms. The quantitative estimate of drug-likeness (QED) is 0.637. The van der Waals surface area contributed by atoms with Crippen molar-refractivity contribution in [1.82, 2.24) is 10.2 Å². The zero-order chi connectivity index (χ0) is 11.6. The molecule has 16 heavy (non-hydrogen) atoms. The van der Waals surface area contributed by atoms with E-state index in [-0.39, 0.29) is 6.54 Å². The number of rotatable bonds is 2. The number of nitrogens with zero attached hydrogens (tertiary/aromatic N) is 1. The van der Waals surface area contributed by atoms with Gasteiger partial charge in [0.05, 0.1) is 33.0 Å². The van der Waals surface area contributed by atoms with Gasteiger partial charge in [0.2, 0.25) is 0 Å². The first kappa shape index (κ1) is 13.4. The number of carboxylic acids is 1. The van der Waals surface area contributed by atoms with Gasteiger partial charge in [-0.25, -0.2) is 0 Å². The zero-order valence-electron chi connectivity index (χ0n) is 9.48. The number of carbonyl (C=O) groups is 1. The highest BCUT2D eigenvalue weighted by Crippen LogP contribution is 1.94. The van der Waals surface area contributed by atoms with Crippen LogP contribution < -0.4 is 5.32 Å². The van der Waals surface area contributed by atoms with E-state index in [0.29, 0.717) is 13.2 Å². The summed E-state index contributed by atoms with van der Waals surface area (Å²) in [5.41, 5.74) is 0. The average molecular weight is 232 g/mol. The zero-order valence-corrected chi connectivity index (χ0v) is 9.48. The summed E-state index contributed by atoms with van der Waals surface area (Å²) in [5.74, 6) is -0.762. The minimum Gasteiger partial charge on any atom is -0.480 e. The van der Waals surface area contributed by atoms with Crippen LogP contribution in [0.3, 0.4) is 0 Å². The molecule has 0 atom stereocenters. The molecule has 0 aliphatic carbocycles. The van der Waals surface area contributed by atoms with Crippen molar-refractivity contribution in [2.24, 2.45) is 0 Å². The summed E-state index contributed by atoms with van der Waals surface area (Å²) in [6.45, 7) is 6.78. The van der Waals surface area contributed by atoms with Gasteiger partial charge in [-0.3, -0.25) is 9.69 Å². The van der Waals surface area contributed by atoms with Gasteiger partial charge in [-0.2, -0.15) is 0 Å². The Kier molecular flexibility index (Phi) is 7.07. The molecule has 0 radical (unpaired) electrons. The minimum absolute atomic E-state index is 0.142. The third kappa shape index (κ3) is 6.73. The summed E-state index contributed by atoms with van der Waals surface area (Å²) in [6.07, 6.45) is 0. The smallest absolute Gasteiger partial charge is 0.317 e. The van der Waals surface area contributed by atoms with Crippen LogP contribution in [0, 0.1) is 0 Å². The molecule has 6 nitrogen and oxygen atoms in total. The molecule has 0 unspecified atom stereocenters. The van der Waals surface area contributed by atoms with Crippen molar-refractivity contribution in [2.45, 2.75) is 0 Å². The van der Waals surface area contributed by atoms with E-state index in [1.807, 2.05) is 4.90 Å². The summed E-state index contributed by atoms with van der Waals surface area (Å²) in [4.78, 5) is 12.1. The molecule has 94 valence electrons. The molecule has 2 fully saturated rings. The van der Waals surface area contributed by atoms with Crippen LogP contribution >= 0.6 is 0 Å². The SMILES string of the molecule is C1COCCN1.O=C(O)CN1CCOCC1. The summed E-state index contributed by atoms with van der Waals surface area (Å²) in [6, 6.07) is 0. The van der Waals surface area contributed by atoms with E-state index in [9.17, 15) is 4.79 Å². The largest absolute Gasteiger partial charge is 0.480 e. The molecule has 2 aliphatic rings. The molecule has 2 aliphatic heterocycles. The first-order chi connectivity index (χ1) is 7.79. The monoisotopic (exact) mass is 232 g/mol. The summed E-state index contributed by atoms with van der Waals surface area (Å²) in [7, 11) is 0. The van der Waals surface area contributed by atoms with Crippen molar-refractivity contribution in [1.29, 1.82) is 0 Å². The molecule has 0 aromatic heterocycles. The Bertz CT molecular complexity index is 180. The molecular formula is C10H20N2O4. The van der Waals surface area contributed by atoms with Crippen LogP contribution in [0.2, 0.25) is 0 Å². The molecular weight excluding hydrogens is 212 g/mol. The second kappa shape index (κ2) is 8.46. The summed E-state index contributed by atoms with van der Waals surface area (Å²) in [5, 5.41) is 11.5. The molecule has 0 bridgehead atoms. The van der Waals surface area contributed by atoms with Crippen LogP contribution in [0.5, 0.6) is 0 Å². The molecule has 0 saturated carbocycles. The lowest BCUT2D eigenvalue weighted by Crippen LogP contribution is -2.39. The molecule has 0 aromatic rings. The molecule has 0 aromatic carbocycles. The molecule has 2 heterocycles. The highest BCUT2D eigenvalue weighted by atomic mass is 16.5. The van der Waals surface area contributed by atoms with Crippen LogP contribution in [-0.4, -0.2) is 75.1 Å². The van der Waals surface area contributed by atoms with Gasteiger partial charge in [-0.15, -0.1) is 0 Å². The van der Waals surface area contributed by atoms with Crippen molar-refractivity contribution in [3.8, 4) is 0 Å². The van der Waals surface area contributed by atoms with Crippen LogP contribution in [0.1, 0.15) is 0 Å². The number of morpholine rings is 2. The van der Waals surface area contributed by atoms with Crippen molar-refractivity contribution in [2.75, 3.05) is 59.2 Å². The normalized spacial score (nSPS) is 22.0. The fourth-order valence-corrected chi connectivity index (χ4v) is 1.47. The Morgan fingerprint density at radius 3 is 2.06 bits per heavy atom. The van der Waals surface area contributed by atoms with Gasteiger partial charge in [0.15, 0.2) is 0 Å². The number of ether oxygens (including phenoxy) is 2. The number of nitrogens with one attached hydrogen (secondary N) is 1. The predicted octanol–water partition coefficient (Wildman–Crippen LogP) is -0.991. The summed E-state index contributed by atoms with van der Waals surface area (Å²) < 4.78 is 10.1. The fraction of sp³-hybridized carbons (Fsp3) is 0.900. The highest BCUT2D eigenvalue weighted by Gasteiger charge is 2.12. The summed E-state index contributed by atoms with van der Waals surface area (Å²) >= 11 is 0. The standard InChI is InChI=1S/C6H11NO3.C4H9NO/c8-6(9)5-7-1-3-10-4-2-7;1-3-6-4-2-5-1/h1-5H2,(H,8,9);5H,1-4H2. The Hall–Kier alpha value is -0.690. The van der Waals surface area contributed by atoms with E-state index in [0.717, 1.165) is 39.4 Å². The number of aliphatic carboxylic acids is 1. The van der Waals surface area contributed by atoms with Crippen molar-refractivity contribution >= 4 is 5.97 Å². The lowest BCUT2D eigenvalue weighted by atomic mass is 10.4. The van der Waals surface area contributed by atoms with Gasteiger partial charge in [-0.1, -0.05) is 0 Å². The van der Waals surface area contributed by atoms with Crippen LogP contribution in [0.4, 0.5) is 0 Å². The molecule has 0 amide bonds. The van der Waals surface area contributed by atoms with Crippen LogP contribution in [0.25, 0.3) is 0 Å². The first-order valence-electron chi connectivity index (χ1n) is 5.59. The Morgan fingerprint density at radius 1 is 1.12 bits per heavy atom. The van der Waals surface area contributed by atoms with Gasteiger partial charge >= 0.3 is 5.97 Å². The van der Waals surface area contributed by atoms with E-state index in [1.165, 1.54) is 0 Å². The first-order valence-corrected chi connectivity index (χ1v) is 5.59. The molecule has 2 rings (SSSR count).